The zero-order valence-corrected chi connectivity index (χ0v) is 19.2. The van der Waals surface area contributed by atoms with Gasteiger partial charge in [0.25, 0.3) is 5.91 Å². The number of thiocarbonyl (C=S) groups is 1. The molecule has 1 saturated heterocycles. The fraction of sp³-hybridized carbons (Fsp3) is 0.0833. The first kappa shape index (κ1) is 22.5. The average Bonchev–Trinajstić information content (AvgIpc) is 3.04. The molecule has 2 aromatic carbocycles. The summed E-state index contributed by atoms with van der Waals surface area (Å²) in [6.07, 6.45) is 1.63. The molecular formula is C24H18N2O5S2. The van der Waals surface area contributed by atoms with Crippen molar-refractivity contribution in [3.63, 3.8) is 0 Å². The molecule has 1 aromatic heterocycles. The quantitative estimate of drug-likeness (QED) is 0.359. The van der Waals surface area contributed by atoms with Gasteiger partial charge in [-0.3, -0.25) is 9.69 Å². The molecule has 33 heavy (non-hydrogen) atoms. The maximum Gasteiger partial charge on any atom is 0.339 e. The molecule has 0 aliphatic carbocycles. The van der Waals surface area contributed by atoms with Crippen molar-refractivity contribution in [3.8, 4) is 22.8 Å². The fourth-order valence-electron chi connectivity index (χ4n) is 3.46. The molecule has 1 aliphatic rings. The standard InChI is InChI=1S/C24H18N2O5S2/c1-12-8-14(9-13(2)21(12)28)18-5-3-4-15(25-18)10-20-22(29)26(24(32)33-20)16-6-7-17(23(30)31)19(27)11-16/h3-11,27-28H,1-2H3,(H,30,31)/b20-10-. The van der Waals surface area contributed by atoms with Crippen molar-refractivity contribution < 1.29 is 24.9 Å². The number of phenols is 2. The highest BCUT2D eigenvalue weighted by Gasteiger charge is 2.34. The molecule has 0 spiro atoms. The second kappa shape index (κ2) is 8.68. The number of aromatic nitrogens is 1. The van der Waals surface area contributed by atoms with E-state index in [2.05, 4.69) is 4.98 Å². The Balaban J connectivity index is 1.65. The van der Waals surface area contributed by atoms with Crippen molar-refractivity contribution in [2.45, 2.75) is 13.8 Å². The van der Waals surface area contributed by atoms with Crippen LogP contribution in [-0.4, -0.2) is 36.5 Å². The molecule has 1 aliphatic heterocycles. The molecule has 3 aromatic rings. The van der Waals surface area contributed by atoms with E-state index in [9.17, 15) is 19.8 Å². The van der Waals surface area contributed by atoms with Gasteiger partial charge in [-0.05, 0) is 67.4 Å². The Bertz CT molecular complexity index is 1340. The maximum absolute atomic E-state index is 13.0. The van der Waals surface area contributed by atoms with Crippen molar-refractivity contribution in [2.24, 2.45) is 0 Å². The minimum Gasteiger partial charge on any atom is -0.507 e. The number of pyridine rings is 1. The minimum absolute atomic E-state index is 0.251. The topological polar surface area (TPSA) is 111 Å². The van der Waals surface area contributed by atoms with E-state index in [1.807, 2.05) is 38.1 Å². The summed E-state index contributed by atoms with van der Waals surface area (Å²) in [4.78, 5) is 30.4. The third-order valence-electron chi connectivity index (χ3n) is 5.10. The van der Waals surface area contributed by atoms with Gasteiger partial charge in [-0.15, -0.1) is 0 Å². The van der Waals surface area contributed by atoms with Crippen molar-refractivity contribution >= 4 is 51.9 Å². The van der Waals surface area contributed by atoms with Crippen LogP contribution in [0.25, 0.3) is 17.3 Å². The lowest BCUT2D eigenvalue weighted by Crippen LogP contribution is -2.27. The molecule has 0 atom stereocenters. The number of thioether (sulfide) groups is 1. The number of amides is 1. The number of benzene rings is 2. The van der Waals surface area contributed by atoms with Crippen molar-refractivity contribution in [1.29, 1.82) is 0 Å². The first-order chi connectivity index (χ1) is 15.7. The molecule has 3 N–H and O–H groups in total. The number of aromatic hydroxyl groups is 2. The number of rotatable bonds is 4. The predicted molar refractivity (Wildman–Crippen MR) is 132 cm³/mol. The largest absolute Gasteiger partial charge is 0.507 e. The summed E-state index contributed by atoms with van der Waals surface area (Å²) in [5, 5.41) is 29.1. The van der Waals surface area contributed by atoms with Crippen molar-refractivity contribution in [3.05, 3.63) is 75.8 Å². The summed E-state index contributed by atoms with van der Waals surface area (Å²) in [7, 11) is 0. The van der Waals surface area contributed by atoms with Crippen LogP contribution in [0.1, 0.15) is 27.2 Å². The summed E-state index contributed by atoms with van der Waals surface area (Å²) in [6, 6.07) is 13.0. The number of hydrogen-bond acceptors (Lipinski definition) is 7. The van der Waals surface area contributed by atoms with Crippen molar-refractivity contribution in [1.82, 2.24) is 4.98 Å². The third kappa shape index (κ3) is 4.33. The summed E-state index contributed by atoms with van der Waals surface area (Å²) < 4.78 is 0.259. The zero-order chi connectivity index (χ0) is 23.9. The molecule has 0 saturated carbocycles. The number of carboxylic acids is 1. The van der Waals surface area contributed by atoms with E-state index >= 15 is 0 Å². The molecule has 0 bridgehead atoms. The average molecular weight is 479 g/mol. The molecule has 0 unspecified atom stereocenters. The number of hydrogen-bond donors (Lipinski definition) is 3. The Morgan fingerprint density at radius 3 is 2.42 bits per heavy atom. The predicted octanol–water partition coefficient (Wildman–Crippen LogP) is 4.88. The Labute approximate surface area is 199 Å². The van der Waals surface area contributed by atoms with Crippen LogP contribution in [0.5, 0.6) is 11.5 Å². The second-order valence-electron chi connectivity index (χ2n) is 7.43. The Morgan fingerprint density at radius 2 is 1.79 bits per heavy atom. The number of aryl methyl sites for hydroxylation is 2. The molecular weight excluding hydrogens is 460 g/mol. The highest BCUT2D eigenvalue weighted by atomic mass is 32.2. The van der Waals surface area contributed by atoms with E-state index < -0.39 is 17.6 Å². The monoisotopic (exact) mass is 478 g/mol. The highest BCUT2D eigenvalue weighted by Crippen LogP contribution is 2.37. The first-order valence-corrected chi connectivity index (χ1v) is 11.0. The second-order valence-corrected chi connectivity index (χ2v) is 9.11. The molecule has 9 heteroatoms. The Morgan fingerprint density at radius 1 is 1.09 bits per heavy atom. The van der Waals surface area contributed by atoms with Crippen LogP contribution in [0.2, 0.25) is 0 Å². The molecule has 2 heterocycles. The summed E-state index contributed by atoms with van der Waals surface area (Å²) in [5.74, 6) is -1.86. The van der Waals surface area contributed by atoms with Gasteiger partial charge in [-0.2, -0.15) is 0 Å². The summed E-state index contributed by atoms with van der Waals surface area (Å²) in [6.45, 7) is 3.64. The number of aromatic carboxylic acids is 1. The van der Waals surface area contributed by atoms with Gasteiger partial charge < -0.3 is 15.3 Å². The van der Waals surface area contributed by atoms with E-state index in [0.717, 1.165) is 28.5 Å². The van der Waals surface area contributed by atoms with Crippen molar-refractivity contribution in [2.75, 3.05) is 4.90 Å². The number of carbonyl (C=O) groups excluding carboxylic acids is 1. The van der Waals surface area contributed by atoms with Gasteiger partial charge in [-0.1, -0.05) is 30.0 Å². The van der Waals surface area contributed by atoms with E-state index in [1.54, 1.807) is 12.1 Å². The van der Waals surface area contributed by atoms with Crippen LogP contribution >= 0.6 is 24.0 Å². The normalized spacial score (nSPS) is 14.8. The molecule has 4 rings (SSSR count). The molecule has 166 valence electrons. The molecule has 0 radical (unpaired) electrons. The third-order valence-corrected chi connectivity index (χ3v) is 6.40. The molecule has 1 fully saturated rings. The lowest BCUT2D eigenvalue weighted by Gasteiger charge is -2.15. The highest BCUT2D eigenvalue weighted by molar-refractivity contribution is 8.27. The Hall–Kier alpha value is -3.69. The Kier molecular flexibility index (Phi) is 5.92. The molecule has 1 amide bonds. The van der Waals surface area contributed by atoms with Gasteiger partial charge in [0.15, 0.2) is 4.32 Å². The first-order valence-electron chi connectivity index (χ1n) is 9.77. The fourth-order valence-corrected chi connectivity index (χ4v) is 4.74. The van der Waals surface area contributed by atoms with Gasteiger partial charge in [0.1, 0.15) is 17.1 Å². The number of phenolic OH excluding ortho intramolecular Hbond substituents is 1. The van der Waals surface area contributed by atoms with E-state index in [0.29, 0.717) is 16.3 Å². The summed E-state index contributed by atoms with van der Waals surface area (Å²) in [5.41, 5.74) is 3.60. The lowest BCUT2D eigenvalue weighted by atomic mass is 10.0. The summed E-state index contributed by atoms with van der Waals surface area (Å²) >= 11 is 6.44. The van der Waals surface area contributed by atoms with Crippen LogP contribution in [-0.2, 0) is 4.79 Å². The SMILES string of the molecule is Cc1cc(-c2cccc(/C=C3\SC(=S)N(c4ccc(C(=O)O)c(O)c4)C3=O)n2)cc(C)c1O. The van der Waals surface area contributed by atoms with Crippen LogP contribution in [0, 0.1) is 13.8 Å². The number of anilines is 1. The minimum atomic E-state index is -1.27. The van der Waals surface area contributed by atoms with E-state index in [-0.39, 0.29) is 21.3 Å². The van der Waals surface area contributed by atoms with Gasteiger partial charge in [0.2, 0.25) is 0 Å². The van der Waals surface area contributed by atoms with Gasteiger partial charge in [0.05, 0.1) is 22.0 Å². The van der Waals surface area contributed by atoms with Crippen LogP contribution in [0.15, 0.2) is 53.4 Å². The number of nitrogens with zero attached hydrogens (tertiary/aromatic N) is 2. The van der Waals surface area contributed by atoms with Crippen LogP contribution < -0.4 is 4.90 Å². The van der Waals surface area contributed by atoms with Crippen LogP contribution in [0.3, 0.4) is 0 Å². The van der Waals surface area contributed by atoms with Gasteiger partial charge in [0, 0.05) is 11.6 Å². The van der Waals surface area contributed by atoms with Crippen LogP contribution in [0.4, 0.5) is 5.69 Å². The number of carbonyl (C=O) groups is 2. The molecule has 7 nitrogen and oxygen atoms in total. The number of carboxylic acid groups (broad SMARTS) is 1. The van der Waals surface area contributed by atoms with Gasteiger partial charge in [-0.25, -0.2) is 9.78 Å². The smallest absolute Gasteiger partial charge is 0.339 e. The van der Waals surface area contributed by atoms with Gasteiger partial charge >= 0.3 is 5.97 Å². The maximum atomic E-state index is 13.0. The van der Waals surface area contributed by atoms with E-state index in [1.165, 1.54) is 23.1 Å². The zero-order valence-electron chi connectivity index (χ0n) is 17.6. The lowest BCUT2D eigenvalue weighted by molar-refractivity contribution is -0.113. The van der Waals surface area contributed by atoms with E-state index in [4.69, 9.17) is 17.3 Å².